The molecule has 0 N–H and O–H groups in total. The highest BCUT2D eigenvalue weighted by Gasteiger charge is 2.37. The smallest absolute Gasteiger partial charge is 0.249 e. The monoisotopic (exact) mass is 317 g/mol. The summed E-state index contributed by atoms with van der Waals surface area (Å²) in [6.07, 6.45) is 0. The van der Waals surface area contributed by atoms with Gasteiger partial charge >= 0.3 is 0 Å². The Bertz CT molecular complexity index is 614. The van der Waals surface area contributed by atoms with Crippen LogP contribution >= 0.6 is 0 Å². The molecule has 1 fully saturated rings. The van der Waals surface area contributed by atoms with Crippen LogP contribution in [0.25, 0.3) is 0 Å². The lowest BCUT2D eigenvalue weighted by Crippen LogP contribution is -2.41. The Morgan fingerprint density at radius 3 is 1.65 bits per heavy atom. The lowest BCUT2D eigenvalue weighted by Gasteiger charge is -2.26. The van der Waals surface area contributed by atoms with E-state index in [9.17, 15) is 30.4 Å². The predicted octanol–water partition coefficient (Wildman–Crippen LogP) is 1.40. The molecule has 0 atom stereocenters. The summed E-state index contributed by atoms with van der Waals surface area (Å²) in [5.74, 6) is -11.7. The molecule has 0 spiro atoms. The molecular formula is C10H8F5NO3S. The van der Waals surface area contributed by atoms with Crippen LogP contribution in [0.3, 0.4) is 0 Å². The highest BCUT2D eigenvalue weighted by molar-refractivity contribution is 7.89. The summed E-state index contributed by atoms with van der Waals surface area (Å²) in [6, 6.07) is 0. The fraction of sp³-hybridized carbons (Fsp3) is 0.400. The molecule has 1 aliphatic rings. The van der Waals surface area contributed by atoms with Crippen LogP contribution in [-0.4, -0.2) is 39.0 Å². The molecule has 1 heterocycles. The number of nitrogens with zero attached hydrogens (tertiary/aromatic N) is 1. The molecule has 0 unspecified atom stereocenters. The van der Waals surface area contributed by atoms with Gasteiger partial charge in [0, 0.05) is 13.1 Å². The number of ether oxygens (including phenoxy) is 1. The van der Waals surface area contributed by atoms with E-state index in [2.05, 4.69) is 0 Å². The minimum atomic E-state index is -4.83. The second-order valence-corrected chi connectivity index (χ2v) is 5.79. The average molecular weight is 317 g/mol. The van der Waals surface area contributed by atoms with Crippen LogP contribution in [0, 0.1) is 29.1 Å². The van der Waals surface area contributed by atoms with Gasteiger partial charge in [0.05, 0.1) is 13.2 Å². The number of rotatable bonds is 2. The third kappa shape index (κ3) is 2.27. The molecule has 1 saturated heterocycles. The van der Waals surface area contributed by atoms with E-state index in [1.807, 2.05) is 0 Å². The molecule has 4 nitrogen and oxygen atoms in total. The summed E-state index contributed by atoms with van der Waals surface area (Å²) >= 11 is 0. The maximum absolute atomic E-state index is 13.5. The average Bonchev–Trinajstić information content (AvgIpc) is 2.44. The van der Waals surface area contributed by atoms with Crippen LogP contribution in [0.5, 0.6) is 0 Å². The zero-order valence-corrected chi connectivity index (χ0v) is 10.6. The van der Waals surface area contributed by atoms with Crippen molar-refractivity contribution in [2.24, 2.45) is 0 Å². The first-order chi connectivity index (χ1) is 9.28. The van der Waals surface area contributed by atoms with Crippen molar-refractivity contribution in [1.82, 2.24) is 4.31 Å². The normalized spacial score (nSPS) is 17.4. The van der Waals surface area contributed by atoms with Gasteiger partial charge in [-0.2, -0.15) is 4.31 Å². The quantitative estimate of drug-likeness (QED) is 0.471. The fourth-order valence-corrected chi connectivity index (χ4v) is 3.25. The summed E-state index contributed by atoms with van der Waals surface area (Å²) in [5, 5.41) is 0. The largest absolute Gasteiger partial charge is 0.379 e. The van der Waals surface area contributed by atoms with E-state index < -0.39 is 44.0 Å². The Labute approximate surface area is 110 Å². The van der Waals surface area contributed by atoms with E-state index >= 15 is 0 Å². The zero-order valence-electron chi connectivity index (χ0n) is 9.80. The summed E-state index contributed by atoms with van der Waals surface area (Å²) in [7, 11) is -4.83. The van der Waals surface area contributed by atoms with Crippen molar-refractivity contribution in [2.75, 3.05) is 26.3 Å². The van der Waals surface area contributed by atoms with Crippen molar-refractivity contribution < 1.29 is 35.1 Å². The van der Waals surface area contributed by atoms with Crippen LogP contribution in [0.2, 0.25) is 0 Å². The van der Waals surface area contributed by atoms with E-state index in [1.54, 1.807) is 0 Å². The van der Waals surface area contributed by atoms with Crippen molar-refractivity contribution in [1.29, 1.82) is 0 Å². The molecule has 0 aliphatic carbocycles. The van der Waals surface area contributed by atoms with Gasteiger partial charge in [0.15, 0.2) is 28.2 Å². The number of morpholine rings is 1. The van der Waals surface area contributed by atoms with E-state index in [0.717, 1.165) is 0 Å². The molecule has 0 saturated carbocycles. The molecular weight excluding hydrogens is 309 g/mol. The SMILES string of the molecule is O=S(=O)(c1c(F)c(F)c(F)c(F)c1F)N1CCOCC1. The van der Waals surface area contributed by atoms with Crippen molar-refractivity contribution in [2.45, 2.75) is 4.90 Å². The van der Waals surface area contributed by atoms with Crippen molar-refractivity contribution in [3.63, 3.8) is 0 Å². The van der Waals surface area contributed by atoms with Crippen LogP contribution in [0.1, 0.15) is 0 Å². The van der Waals surface area contributed by atoms with Crippen molar-refractivity contribution in [3.05, 3.63) is 29.1 Å². The Morgan fingerprint density at radius 1 is 0.800 bits per heavy atom. The molecule has 2 rings (SSSR count). The number of sulfonamides is 1. The Balaban J connectivity index is 2.63. The molecule has 1 aromatic carbocycles. The van der Waals surface area contributed by atoms with E-state index in [4.69, 9.17) is 4.74 Å². The van der Waals surface area contributed by atoms with Crippen LogP contribution in [0.15, 0.2) is 4.90 Å². The van der Waals surface area contributed by atoms with Gasteiger partial charge < -0.3 is 4.74 Å². The van der Waals surface area contributed by atoms with Crippen LogP contribution < -0.4 is 0 Å². The third-order valence-electron chi connectivity index (χ3n) is 2.74. The summed E-state index contributed by atoms with van der Waals surface area (Å²) in [4.78, 5) is -1.84. The van der Waals surface area contributed by atoms with Gasteiger partial charge in [-0.1, -0.05) is 0 Å². The number of halogens is 5. The maximum atomic E-state index is 13.5. The summed E-state index contributed by atoms with van der Waals surface area (Å²) in [5.41, 5.74) is 0. The highest BCUT2D eigenvalue weighted by Crippen LogP contribution is 2.29. The van der Waals surface area contributed by atoms with Gasteiger partial charge in [0.25, 0.3) is 0 Å². The van der Waals surface area contributed by atoms with E-state index in [-0.39, 0.29) is 26.3 Å². The van der Waals surface area contributed by atoms with Crippen molar-refractivity contribution in [3.8, 4) is 0 Å². The van der Waals surface area contributed by atoms with Gasteiger partial charge in [-0.05, 0) is 0 Å². The first kappa shape index (κ1) is 15.1. The topological polar surface area (TPSA) is 46.6 Å². The Hall–Kier alpha value is -1.26. The van der Waals surface area contributed by atoms with Gasteiger partial charge in [-0.15, -0.1) is 0 Å². The molecule has 1 aliphatic heterocycles. The fourth-order valence-electron chi connectivity index (χ4n) is 1.73. The first-order valence-electron chi connectivity index (χ1n) is 5.37. The molecule has 10 heteroatoms. The highest BCUT2D eigenvalue weighted by atomic mass is 32.2. The molecule has 0 radical (unpaired) electrons. The molecule has 0 aromatic heterocycles. The van der Waals surface area contributed by atoms with Crippen molar-refractivity contribution >= 4 is 10.0 Å². The second-order valence-electron chi connectivity index (χ2n) is 3.92. The molecule has 1 aromatic rings. The second kappa shape index (κ2) is 5.26. The predicted molar refractivity (Wildman–Crippen MR) is 55.8 cm³/mol. The lowest BCUT2D eigenvalue weighted by atomic mass is 10.3. The molecule has 20 heavy (non-hydrogen) atoms. The van der Waals surface area contributed by atoms with Gasteiger partial charge in [0.1, 0.15) is 0 Å². The standard InChI is InChI=1S/C10H8F5NO3S/c11-5-6(12)8(14)10(9(15)7(5)13)20(17,18)16-1-3-19-4-2-16/h1-4H2. The molecule has 0 amide bonds. The van der Waals surface area contributed by atoms with Gasteiger partial charge in [-0.3, -0.25) is 0 Å². The maximum Gasteiger partial charge on any atom is 0.249 e. The summed E-state index contributed by atoms with van der Waals surface area (Å²) < 4.78 is 95.3. The van der Waals surface area contributed by atoms with Gasteiger partial charge in [-0.25, -0.2) is 30.4 Å². The molecule has 0 bridgehead atoms. The van der Waals surface area contributed by atoms with E-state index in [1.165, 1.54) is 0 Å². The third-order valence-corrected chi connectivity index (χ3v) is 4.66. The van der Waals surface area contributed by atoms with Gasteiger partial charge in [0.2, 0.25) is 15.8 Å². The van der Waals surface area contributed by atoms with Crippen LogP contribution in [-0.2, 0) is 14.8 Å². The van der Waals surface area contributed by atoms with Crippen LogP contribution in [0.4, 0.5) is 22.0 Å². The number of hydrogen-bond acceptors (Lipinski definition) is 3. The summed E-state index contributed by atoms with van der Waals surface area (Å²) in [6.45, 7) is -0.535. The number of benzene rings is 1. The Kier molecular flexibility index (Phi) is 3.98. The first-order valence-corrected chi connectivity index (χ1v) is 6.81. The minimum absolute atomic E-state index is 0.0331. The number of hydrogen-bond donors (Lipinski definition) is 0. The van der Waals surface area contributed by atoms with E-state index in [0.29, 0.717) is 4.31 Å². The minimum Gasteiger partial charge on any atom is -0.379 e. The zero-order chi connectivity index (χ0) is 15.1. The lowest BCUT2D eigenvalue weighted by molar-refractivity contribution is 0.0727. The Morgan fingerprint density at radius 2 is 1.20 bits per heavy atom. The molecule has 112 valence electrons.